The van der Waals surface area contributed by atoms with Crippen LogP contribution in [0.1, 0.15) is 103 Å². The van der Waals surface area contributed by atoms with Gasteiger partial charge in [0, 0.05) is 43.1 Å². The Bertz CT molecular complexity index is 2780. The van der Waals surface area contributed by atoms with Crippen molar-refractivity contribution in [2.75, 3.05) is 0 Å². The molecule has 5 aromatic carbocycles. The molecule has 1 unspecified atom stereocenters. The first-order valence-electron chi connectivity index (χ1n) is 22.2. The summed E-state index contributed by atoms with van der Waals surface area (Å²) in [5.74, 6) is 0.295. The largest absolute Gasteiger partial charge is 0.305 e. The van der Waals surface area contributed by atoms with Gasteiger partial charge in [-0.05, 0) is 94.8 Å². The normalized spacial score (nSPS) is 12.7. The number of benzene rings is 5. The summed E-state index contributed by atoms with van der Waals surface area (Å²) in [6.45, 7) is 30.2. The molecule has 0 aliphatic carbocycles. The molecule has 8 aromatic rings. The van der Waals surface area contributed by atoms with Crippen molar-refractivity contribution in [3.63, 3.8) is 0 Å². The van der Waals surface area contributed by atoms with Gasteiger partial charge in [-0.1, -0.05) is 173 Å². The topological polar surface area (TPSA) is 25.8 Å². The molecule has 0 fully saturated rings. The summed E-state index contributed by atoms with van der Waals surface area (Å²) in [5, 5.41) is 4.05. The Morgan fingerprint density at radius 1 is 0.619 bits per heavy atom. The van der Waals surface area contributed by atoms with Gasteiger partial charge in [-0.25, -0.2) is 0 Å². The third-order valence-electron chi connectivity index (χ3n) is 11.8. The zero-order valence-corrected chi connectivity index (χ0v) is 43.8. The van der Waals surface area contributed by atoms with E-state index in [1.54, 1.807) is 0 Å². The van der Waals surface area contributed by atoms with Crippen molar-refractivity contribution < 1.29 is 20.1 Å². The number of fused-ring (bicyclic) bond motifs is 3. The maximum atomic E-state index is 4.81. The summed E-state index contributed by atoms with van der Waals surface area (Å²) in [4.78, 5) is 9.52. The predicted octanol–water partition coefficient (Wildman–Crippen LogP) is 16.0. The van der Waals surface area contributed by atoms with Crippen molar-refractivity contribution in [3.8, 4) is 33.6 Å². The average Bonchev–Trinajstić information content (AvgIpc) is 3.61. The molecule has 0 aliphatic heterocycles. The van der Waals surface area contributed by atoms with Gasteiger partial charge in [-0.2, -0.15) is 11.3 Å². The number of hydrogen-bond donors (Lipinski definition) is 0. The third kappa shape index (κ3) is 11.4. The SMILES string of the molecule is CC(C)(C)Cc1cc(-c2[c-]cccc2)ncc1[Si](C)(C)C.CC(c1ccccc1)c1ccnc(-c2[c-]ccc3c2sc2cc(-c4cc(C(C)(C)C)cc(C(C)(C)C)c4)ccc23)c1.[Ir]. The van der Waals surface area contributed by atoms with Crippen LogP contribution in [-0.2, 0) is 37.4 Å². The number of rotatable bonds is 7. The Hall–Kier alpha value is -4.51. The number of aromatic nitrogens is 2. The summed E-state index contributed by atoms with van der Waals surface area (Å²) in [5.41, 5.74) is 14.0. The first-order valence-corrected chi connectivity index (χ1v) is 26.5. The van der Waals surface area contributed by atoms with E-state index in [1.807, 2.05) is 35.7 Å². The molecule has 0 saturated carbocycles. The Morgan fingerprint density at radius 2 is 1.30 bits per heavy atom. The fraction of sp³-hybridized carbons (Fsp3) is 0.310. The molecule has 0 aliphatic rings. The van der Waals surface area contributed by atoms with E-state index in [9.17, 15) is 0 Å². The minimum atomic E-state index is -1.37. The van der Waals surface area contributed by atoms with Crippen molar-refractivity contribution in [1.29, 1.82) is 0 Å². The summed E-state index contributed by atoms with van der Waals surface area (Å²) >= 11 is 1.85. The van der Waals surface area contributed by atoms with E-state index in [0.717, 1.165) is 28.9 Å². The first kappa shape index (κ1) is 48.0. The zero-order chi connectivity index (χ0) is 44.6. The van der Waals surface area contributed by atoms with Crippen LogP contribution in [0.25, 0.3) is 53.8 Å². The molecule has 1 radical (unpaired) electrons. The molecule has 0 amide bonds. The van der Waals surface area contributed by atoms with E-state index in [1.165, 1.54) is 64.3 Å². The molecule has 0 bridgehead atoms. The number of hydrogen-bond acceptors (Lipinski definition) is 3. The van der Waals surface area contributed by atoms with Gasteiger partial charge in [0.15, 0.2) is 0 Å². The standard InChI is InChI=1S/C39H38NS.C19H26NSi.Ir/c1-25(26-12-9-8-10-13-26)27-18-19-40-35(22-27)34-15-11-14-33-32-17-16-28(23-36(32)41-37(33)34)29-20-30(38(2,3)4)24-31(21-29)39(5,6)7;1-19(2,3)13-16-12-17(15-10-8-7-9-11-15)20-14-18(16)21(4,5)6;/h8-14,16-25H,1-7H3;7-10,12,14H,13H2,1-6H3;/q2*-1;. The van der Waals surface area contributed by atoms with Crippen molar-refractivity contribution in [1.82, 2.24) is 9.97 Å². The molecular formula is C58H64IrN2SSi-2. The maximum Gasteiger partial charge on any atom is 0.0798 e. The van der Waals surface area contributed by atoms with E-state index in [0.29, 0.717) is 5.92 Å². The number of thiophene rings is 1. The fourth-order valence-electron chi connectivity index (χ4n) is 8.15. The van der Waals surface area contributed by atoms with Crippen LogP contribution < -0.4 is 5.19 Å². The Morgan fingerprint density at radius 3 is 1.92 bits per heavy atom. The van der Waals surface area contributed by atoms with Crippen molar-refractivity contribution >= 4 is 44.8 Å². The van der Waals surface area contributed by atoms with E-state index >= 15 is 0 Å². The minimum absolute atomic E-state index is 0. The smallest absolute Gasteiger partial charge is 0.0798 e. The molecule has 0 spiro atoms. The molecule has 3 aromatic heterocycles. The molecule has 1 atom stereocenters. The molecule has 0 N–H and O–H groups in total. The van der Waals surface area contributed by atoms with Gasteiger partial charge >= 0.3 is 0 Å². The van der Waals surface area contributed by atoms with Gasteiger partial charge in [0.25, 0.3) is 0 Å². The van der Waals surface area contributed by atoms with Crippen molar-refractivity contribution in [3.05, 3.63) is 174 Å². The van der Waals surface area contributed by atoms with Crippen LogP contribution in [-0.4, -0.2) is 18.0 Å². The molecule has 327 valence electrons. The average molecular weight is 1040 g/mol. The van der Waals surface area contributed by atoms with Crippen LogP contribution in [0.3, 0.4) is 0 Å². The Labute approximate surface area is 397 Å². The fourth-order valence-corrected chi connectivity index (χ4v) is 11.0. The van der Waals surface area contributed by atoms with Crippen LogP contribution >= 0.6 is 11.3 Å². The van der Waals surface area contributed by atoms with Gasteiger partial charge in [0.05, 0.1) is 8.07 Å². The van der Waals surface area contributed by atoms with Crippen LogP contribution in [0.5, 0.6) is 0 Å². The molecule has 3 heterocycles. The Balaban J connectivity index is 0.000000254. The third-order valence-corrected chi connectivity index (χ3v) is 15.0. The van der Waals surface area contributed by atoms with Crippen molar-refractivity contribution in [2.24, 2.45) is 5.41 Å². The quantitative estimate of drug-likeness (QED) is 0.117. The second-order valence-electron chi connectivity index (χ2n) is 21.3. The minimum Gasteiger partial charge on any atom is -0.305 e. The predicted molar refractivity (Wildman–Crippen MR) is 273 cm³/mol. The van der Waals surface area contributed by atoms with Gasteiger partial charge in [-0.15, -0.1) is 59.7 Å². The summed E-state index contributed by atoms with van der Waals surface area (Å²) in [6.07, 6.45) is 5.15. The second kappa shape index (κ2) is 18.9. The van der Waals surface area contributed by atoms with Crippen LogP contribution in [0.15, 0.2) is 134 Å². The van der Waals surface area contributed by atoms with Crippen LogP contribution in [0, 0.1) is 17.5 Å². The second-order valence-corrected chi connectivity index (χ2v) is 27.4. The molecule has 2 nitrogen and oxygen atoms in total. The summed E-state index contributed by atoms with van der Waals surface area (Å²) < 4.78 is 2.54. The molecular weight excluding hydrogens is 977 g/mol. The van der Waals surface area contributed by atoms with E-state index < -0.39 is 8.07 Å². The van der Waals surface area contributed by atoms with Crippen LogP contribution in [0.4, 0.5) is 0 Å². The molecule has 8 rings (SSSR count). The zero-order valence-electron chi connectivity index (χ0n) is 39.6. The van der Waals surface area contributed by atoms with Gasteiger partial charge in [0.1, 0.15) is 0 Å². The number of pyridine rings is 2. The van der Waals surface area contributed by atoms with Crippen LogP contribution in [0.2, 0.25) is 19.6 Å². The van der Waals surface area contributed by atoms with Gasteiger partial charge in [0.2, 0.25) is 0 Å². The molecule has 0 saturated heterocycles. The van der Waals surface area contributed by atoms with E-state index in [-0.39, 0.29) is 36.4 Å². The monoisotopic (exact) mass is 1040 g/mol. The molecule has 63 heavy (non-hydrogen) atoms. The first-order chi connectivity index (χ1) is 29.2. The molecule has 5 heteroatoms. The van der Waals surface area contributed by atoms with Crippen molar-refractivity contribution in [2.45, 2.75) is 112 Å². The van der Waals surface area contributed by atoms with E-state index in [2.05, 4.69) is 210 Å². The van der Waals surface area contributed by atoms with E-state index in [4.69, 9.17) is 9.97 Å². The summed E-state index contributed by atoms with van der Waals surface area (Å²) in [7, 11) is -1.37. The van der Waals surface area contributed by atoms with Gasteiger partial charge < -0.3 is 9.97 Å². The maximum absolute atomic E-state index is 4.81. The van der Waals surface area contributed by atoms with Gasteiger partial charge in [-0.3, -0.25) is 0 Å². The number of nitrogens with zero attached hydrogens (tertiary/aromatic N) is 2. The Kier molecular flexibility index (Phi) is 14.4. The summed E-state index contributed by atoms with van der Waals surface area (Å²) in [6, 6.07) is 50.6.